The highest BCUT2D eigenvalue weighted by Gasteiger charge is 2.14. The summed E-state index contributed by atoms with van der Waals surface area (Å²) in [6, 6.07) is 2.33. The number of rotatable bonds is 2. The quantitative estimate of drug-likeness (QED) is 0.827. The van der Waals surface area contributed by atoms with Gasteiger partial charge in [-0.3, -0.25) is 0 Å². The molecule has 2 rings (SSSR count). The molecule has 0 aromatic carbocycles. The second-order valence-electron chi connectivity index (χ2n) is 2.95. The summed E-state index contributed by atoms with van der Waals surface area (Å²) in [5, 5.41) is 12.5. The lowest BCUT2D eigenvalue weighted by molar-refractivity contribution is 0.0699. The summed E-state index contributed by atoms with van der Waals surface area (Å²) in [4.78, 5) is 10.7. The molecule has 2 heterocycles. The second-order valence-corrected chi connectivity index (χ2v) is 2.95. The Balaban J connectivity index is 2.66. The number of fused-ring (bicyclic) bond motifs is 1. The van der Waals surface area contributed by atoms with E-state index in [-0.39, 0.29) is 16.6 Å². The Morgan fingerprint density at radius 2 is 2.27 bits per heavy atom. The van der Waals surface area contributed by atoms with Crippen molar-refractivity contribution < 1.29 is 18.7 Å². The SMILES string of the molecule is O=C(O)c1cnn2ccc(C(F)F)cc12. The van der Waals surface area contributed by atoms with Crippen molar-refractivity contribution in [2.24, 2.45) is 0 Å². The molecule has 78 valence electrons. The molecule has 6 heteroatoms. The van der Waals surface area contributed by atoms with Crippen molar-refractivity contribution in [2.45, 2.75) is 6.43 Å². The Labute approximate surface area is 82.8 Å². The molecule has 2 aromatic rings. The van der Waals surface area contributed by atoms with Crippen molar-refractivity contribution in [1.82, 2.24) is 9.61 Å². The fraction of sp³-hybridized carbons (Fsp3) is 0.111. The number of carbonyl (C=O) groups is 1. The zero-order valence-corrected chi connectivity index (χ0v) is 7.39. The predicted octanol–water partition coefficient (Wildman–Crippen LogP) is 1.97. The first kappa shape index (κ1) is 9.57. The molecule has 0 atom stereocenters. The highest BCUT2D eigenvalue weighted by Crippen LogP contribution is 2.21. The fourth-order valence-electron chi connectivity index (χ4n) is 1.30. The number of hydrogen-bond donors (Lipinski definition) is 1. The molecule has 0 bridgehead atoms. The minimum atomic E-state index is -2.62. The minimum Gasteiger partial charge on any atom is -0.478 e. The van der Waals surface area contributed by atoms with Gasteiger partial charge < -0.3 is 5.11 Å². The van der Waals surface area contributed by atoms with E-state index in [4.69, 9.17) is 5.11 Å². The normalized spacial score (nSPS) is 11.1. The predicted molar refractivity (Wildman–Crippen MR) is 47.1 cm³/mol. The molecule has 4 nitrogen and oxygen atoms in total. The molecule has 0 aliphatic rings. The molecule has 1 N–H and O–H groups in total. The van der Waals surface area contributed by atoms with Crippen molar-refractivity contribution in [2.75, 3.05) is 0 Å². The van der Waals surface area contributed by atoms with E-state index in [0.717, 1.165) is 12.3 Å². The van der Waals surface area contributed by atoms with Crippen molar-refractivity contribution in [3.63, 3.8) is 0 Å². The van der Waals surface area contributed by atoms with E-state index in [0.29, 0.717) is 0 Å². The standard InChI is InChI=1S/C9H6F2N2O2/c10-8(11)5-1-2-13-7(3-5)6(4-12-13)9(14)15/h1-4,8H,(H,14,15). The van der Waals surface area contributed by atoms with Crippen LogP contribution in [0.3, 0.4) is 0 Å². The summed E-state index contributed by atoms with van der Waals surface area (Å²) in [7, 11) is 0. The van der Waals surface area contributed by atoms with Gasteiger partial charge in [-0.05, 0) is 12.1 Å². The summed E-state index contributed by atoms with van der Waals surface area (Å²) >= 11 is 0. The number of aromatic nitrogens is 2. The Hall–Kier alpha value is -1.98. The third kappa shape index (κ3) is 1.54. The summed E-state index contributed by atoms with van der Waals surface area (Å²) in [6.45, 7) is 0. The number of alkyl halides is 2. The molecule has 0 spiro atoms. The van der Waals surface area contributed by atoms with Crippen LogP contribution in [0, 0.1) is 0 Å². The second kappa shape index (κ2) is 3.30. The van der Waals surface area contributed by atoms with Crippen molar-refractivity contribution in [1.29, 1.82) is 0 Å². The van der Waals surface area contributed by atoms with E-state index < -0.39 is 12.4 Å². The van der Waals surface area contributed by atoms with Crippen LogP contribution in [-0.4, -0.2) is 20.7 Å². The van der Waals surface area contributed by atoms with Crippen LogP contribution in [0.2, 0.25) is 0 Å². The van der Waals surface area contributed by atoms with Crippen LogP contribution in [0.5, 0.6) is 0 Å². The van der Waals surface area contributed by atoms with E-state index in [1.165, 1.54) is 16.8 Å². The maximum atomic E-state index is 12.4. The molecular formula is C9H6F2N2O2. The van der Waals surface area contributed by atoms with E-state index in [9.17, 15) is 13.6 Å². The van der Waals surface area contributed by atoms with Gasteiger partial charge in [0.05, 0.1) is 11.7 Å². The molecule has 0 amide bonds. The maximum Gasteiger partial charge on any atom is 0.339 e. The van der Waals surface area contributed by atoms with E-state index in [1.54, 1.807) is 0 Å². The average molecular weight is 212 g/mol. The third-order valence-electron chi connectivity index (χ3n) is 2.03. The van der Waals surface area contributed by atoms with Crippen LogP contribution < -0.4 is 0 Å². The summed E-state index contributed by atoms with van der Waals surface area (Å²) in [5.74, 6) is -1.18. The molecule has 0 aliphatic heterocycles. The summed E-state index contributed by atoms with van der Waals surface area (Å²) < 4.78 is 26.0. The molecule has 0 saturated heterocycles. The Morgan fingerprint density at radius 1 is 1.53 bits per heavy atom. The van der Waals surface area contributed by atoms with Crippen LogP contribution in [0.15, 0.2) is 24.5 Å². The van der Waals surface area contributed by atoms with Gasteiger partial charge in [-0.2, -0.15) is 5.10 Å². The van der Waals surface area contributed by atoms with Gasteiger partial charge in [0.25, 0.3) is 6.43 Å². The zero-order chi connectivity index (χ0) is 11.0. The van der Waals surface area contributed by atoms with Crippen molar-refractivity contribution >= 4 is 11.5 Å². The van der Waals surface area contributed by atoms with Crippen LogP contribution in [0.1, 0.15) is 22.3 Å². The minimum absolute atomic E-state index is 0.0856. The van der Waals surface area contributed by atoms with E-state index >= 15 is 0 Å². The largest absolute Gasteiger partial charge is 0.478 e. The Kier molecular flexibility index (Phi) is 2.11. The Morgan fingerprint density at radius 3 is 2.87 bits per heavy atom. The zero-order valence-electron chi connectivity index (χ0n) is 7.39. The van der Waals surface area contributed by atoms with Gasteiger partial charge in [-0.15, -0.1) is 0 Å². The number of carboxylic acids is 1. The smallest absolute Gasteiger partial charge is 0.339 e. The molecule has 0 radical (unpaired) electrons. The lowest BCUT2D eigenvalue weighted by Gasteiger charge is -2.00. The molecule has 0 saturated carbocycles. The molecule has 2 aromatic heterocycles. The molecule has 0 fully saturated rings. The highest BCUT2D eigenvalue weighted by molar-refractivity contribution is 5.95. The van der Waals surface area contributed by atoms with E-state index in [2.05, 4.69) is 5.10 Å². The van der Waals surface area contributed by atoms with Gasteiger partial charge in [0.15, 0.2) is 0 Å². The van der Waals surface area contributed by atoms with Crippen LogP contribution in [-0.2, 0) is 0 Å². The van der Waals surface area contributed by atoms with Gasteiger partial charge >= 0.3 is 5.97 Å². The van der Waals surface area contributed by atoms with Gasteiger partial charge in [-0.1, -0.05) is 0 Å². The fourth-order valence-corrected chi connectivity index (χ4v) is 1.30. The number of hydrogen-bond acceptors (Lipinski definition) is 2. The highest BCUT2D eigenvalue weighted by atomic mass is 19.3. The number of pyridine rings is 1. The number of halogens is 2. The topological polar surface area (TPSA) is 54.6 Å². The molecular weight excluding hydrogens is 206 g/mol. The summed E-state index contributed by atoms with van der Waals surface area (Å²) in [6.07, 6.45) is -0.178. The monoisotopic (exact) mass is 212 g/mol. The van der Waals surface area contributed by atoms with Crippen molar-refractivity contribution in [3.8, 4) is 0 Å². The van der Waals surface area contributed by atoms with Gasteiger partial charge in [0.2, 0.25) is 0 Å². The number of carboxylic acid groups (broad SMARTS) is 1. The molecule has 15 heavy (non-hydrogen) atoms. The van der Waals surface area contributed by atoms with Crippen molar-refractivity contribution in [3.05, 3.63) is 35.7 Å². The van der Waals surface area contributed by atoms with Gasteiger partial charge in [-0.25, -0.2) is 18.1 Å². The number of nitrogens with zero attached hydrogens (tertiary/aromatic N) is 2. The number of aromatic carboxylic acids is 1. The first-order valence-corrected chi connectivity index (χ1v) is 4.08. The Bertz CT molecular complexity index is 522. The first-order chi connectivity index (χ1) is 7.09. The van der Waals surface area contributed by atoms with Crippen LogP contribution in [0.4, 0.5) is 8.78 Å². The third-order valence-corrected chi connectivity index (χ3v) is 2.03. The molecule has 0 unspecified atom stereocenters. The summed E-state index contributed by atoms with van der Waals surface area (Å²) in [5.41, 5.74) is -0.136. The first-order valence-electron chi connectivity index (χ1n) is 4.08. The van der Waals surface area contributed by atoms with Crippen LogP contribution >= 0.6 is 0 Å². The van der Waals surface area contributed by atoms with Gasteiger partial charge in [0, 0.05) is 11.8 Å². The van der Waals surface area contributed by atoms with Crippen LogP contribution in [0.25, 0.3) is 5.52 Å². The lowest BCUT2D eigenvalue weighted by Crippen LogP contribution is -1.96. The molecule has 0 aliphatic carbocycles. The lowest BCUT2D eigenvalue weighted by atomic mass is 10.2. The maximum absolute atomic E-state index is 12.4. The average Bonchev–Trinajstić information content (AvgIpc) is 2.59. The van der Waals surface area contributed by atoms with E-state index in [1.807, 2.05) is 0 Å². The van der Waals surface area contributed by atoms with Gasteiger partial charge in [0.1, 0.15) is 5.56 Å².